The highest BCUT2D eigenvalue weighted by Crippen LogP contribution is 2.41. The maximum atomic E-state index is 12.9. The minimum absolute atomic E-state index is 0.105. The van der Waals surface area contributed by atoms with Crippen molar-refractivity contribution in [3.05, 3.63) is 40.6 Å². The van der Waals surface area contributed by atoms with Crippen LogP contribution in [0, 0.1) is 0 Å². The van der Waals surface area contributed by atoms with Crippen LogP contribution in [0.25, 0.3) is 0 Å². The van der Waals surface area contributed by atoms with E-state index in [1.807, 2.05) is 0 Å². The molecule has 0 saturated carbocycles. The van der Waals surface area contributed by atoms with Crippen LogP contribution in [0.15, 0.2) is 39.9 Å². The summed E-state index contributed by atoms with van der Waals surface area (Å²) in [5, 5.41) is 3.18. The van der Waals surface area contributed by atoms with E-state index in [4.69, 9.17) is 0 Å². The normalized spacial score (nSPS) is 16.3. The molecule has 0 radical (unpaired) electrons. The Hall–Kier alpha value is -1.67. The third-order valence-electron chi connectivity index (χ3n) is 2.68. The first-order valence-electron chi connectivity index (χ1n) is 5.49. The summed E-state index contributed by atoms with van der Waals surface area (Å²) in [6.07, 6.45) is -3.70. The van der Waals surface area contributed by atoms with Crippen LogP contribution in [-0.2, 0) is 15.6 Å². The number of benzene rings is 1. The highest BCUT2D eigenvalue weighted by atomic mass is 32.2. The minimum atomic E-state index is -3.70. The number of alkyl halides is 2. The van der Waals surface area contributed by atoms with Crippen molar-refractivity contribution in [2.24, 2.45) is 0 Å². The van der Waals surface area contributed by atoms with E-state index >= 15 is 0 Å². The molecule has 0 N–H and O–H groups in total. The summed E-state index contributed by atoms with van der Waals surface area (Å²) in [5.74, 6) is -0.550. The van der Waals surface area contributed by atoms with Crippen LogP contribution < -0.4 is 9.47 Å². The Balaban J connectivity index is 1.88. The predicted octanol–water partition coefficient (Wildman–Crippen LogP) is 3.04. The predicted molar refractivity (Wildman–Crippen MR) is 67.9 cm³/mol. The molecule has 1 aliphatic rings. The van der Waals surface area contributed by atoms with Crippen molar-refractivity contribution < 1.29 is 26.7 Å². The first-order valence-corrected chi connectivity index (χ1v) is 8.09. The van der Waals surface area contributed by atoms with Crippen molar-refractivity contribution in [3.8, 4) is 11.5 Å². The van der Waals surface area contributed by atoms with Crippen molar-refractivity contribution in [2.45, 2.75) is 16.9 Å². The van der Waals surface area contributed by atoms with Gasteiger partial charge >= 0.3 is 6.29 Å². The van der Waals surface area contributed by atoms with Gasteiger partial charge in [0.2, 0.25) is 0 Å². The smallest absolute Gasteiger partial charge is 0.395 e. The van der Waals surface area contributed by atoms with E-state index in [1.54, 1.807) is 5.38 Å². The zero-order valence-corrected chi connectivity index (χ0v) is 11.5. The van der Waals surface area contributed by atoms with E-state index < -0.39 is 16.1 Å². The van der Waals surface area contributed by atoms with Gasteiger partial charge in [0, 0.05) is 5.38 Å². The first-order chi connectivity index (χ1) is 9.36. The van der Waals surface area contributed by atoms with E-state index in [9.17, 15) is 17.2 Å². The average Bonchev–Trinajstić information content (AvgIpc) is 2.93. The minimum Gasteiger partial charge on any atom is -0.395 e. The summed E-state index contributed by atoms with van der Waals surface area (Å²) in [4.78, 5) is 0.213. The standard InChI is InChI=1S/C12H8F2O4S2/c13-12(14)17-10-2-1-8(5-11(10)18-12)7-20(15,16)9-3-4-19-6-9/h1-6H,7H2. The van der Waals surface area contributed by atoms with Gasteiger partial charge in [0.05, 0.1) is 10.6 Å². The number of hydrogen-bond acceptors (Lipinski definition) is 5. The van der Waals surface area contributed by atoms with Gasteiger partial charge in [0.1, 0.15) is 0 Å². The van der Waals surface area contributed by atoms with E-state index in [2.05, 4.69) is 9.47 Å². The summed E-state index contributed by atoms with van der Waals surface area (Å²) >= 11 is 1.27. The van der Waals surface area contributed by atoms with Gasteiger partial charge in [-0.15, -0.1) is 8.78 Å². The zero-order chi connectivity index (χ0) is 14.4. The fourth-order valence-electron chi connectivity index (χ4n) is 1.81. The molecule has 2 heterocycles. The summed E-state index contributed by atoms with van der Waals surface area (Å²) < 4.78 is 58.4. The molecule has 1 aliphatic heterocycles. The summed E-state index contributed by atoms with van der Waals surface area (Å²) in [7, 11) is -3.49. The lowest BCUT2D eigenvalue weighted by atomic mass is 10.2. The molecule has 4 nitrogen and oxygen atoms in total. The van der Waals surface area contributed by atoms with Crippen molar-refractivity contribution in [2.75, 3.05) is 0 Å². The average molecular weight is 318 g/mol. The molecular weight excluding hydrogens is 310 g/mol. The van der Waals surface area contributed by atoms with Crippen molar-refractivity contribution in [1.82, 2.24) is 0 Å². The first kappa shape index (κ1) is 13.3. The topological polar surface area (TPSA) is 52.6 Å². The Morgan fingerprint density at radius 1 is 1.15 bits per heavy atom. The molecular formula is C12H8F2O4S2. The van der Waals surface area contributed by atoms with Crippen molar-refractivity contribution in [3.63, 3.8) is 0 Å². The van der Waals surface area contributed by atoms with Gasteiger partial charge in [0.25, 0.3) is 0 Å². The molecule has 0 amide bonds. The third-order valence-corrected chi connectivity index (χ3v) is 5.19. The second kappa shape index (κ2) is 4.42. The summed E-state index contributed by atoms with van der Waals surface area (Å²) in [5.41, 5.74) is 0.358. The summed E-state index contributed by atoms with van der Waals surface area (Å²) in [6.45, 7) is 0. The van der Waals surface area contributed by atoms with Crippen LogP contribution in [0.1, 0.15) is 5.56 Å². The van der Waals surface area contributed by atoms with Crippen LogP contribution in [0.3, 0.4) is 0 Å². The number of fused-ring (bicyclic) bond motifs is 1. The largest absolute Gasteiger partial charge is 0.586 e. The van der Waals surface area contributed by atoms with Gasteiger partial charge in [-0.05, 0) is 29.1 Å². The molecule has 3 rings (SSSR count). The van der Waals surface area contributed by atoms with Crippen LogP contribution in [0.2, 0.25) is 0 Å². The molecule has 0 atom stereocenters. The zero-order valence-electron chi connectivity index (χ0n) is 9.88. The molecule has 20 heavy (non-hydrogen) atoms. The third kappa shape index (κ3) is 2.48. The maximum Gasteiger partial charge on any atom is 0.586 e. The van der Waals surface area contributed by atoms with Gasteiger partial charge in [-0.1, -0.05) is 6.07 Å². The van der Waals surface area contributed by atoms with E-state index in [0.29, 0.717) is 5.56 Å². The molecule has 1 aromatic carbocycles. The summed E-state index contributed by atoms with van der Waals surface area (Å²) in [6, 6.07) is 5.45. The lowest BCUT2D eigenvalue weighted by molar-refractivity contribution is -0.286. The number of rotatable bonds is 3. The van der Waals surface area contributed by atoms with Gasteiger partial charge in [-0.2, -0.15) is 11.3 Å². The number of hydrogen-bond donors (Lipinski definition) is 0. The molecule has 0 saturated heterocycles. The molecule has 0 aliphatic carbocycles. The fourth-order valence-corrected chi connectivity index (χ4v) is 4.23. The van der Waals surface area contributed by atoms with Gasteiger partial charge in [0.15, 0.2) is 21.3 Å². The van der Waals surface area contributed by atoms with Crippen LogP contribution in [-0.4, -0.2) is 14.7 Å². The molecule has 0 bridgehead atoms. The second-order valence-electron chi connectivity index (χ2n) is 4.17. The van der Waals surface area contributed by atoms with Crippen molar-refractivity contribution in [1.29, 1.82) is 0 Å². The van der Waals surface area contributed by atoms with Crippen molar-refractivity contribution >= 4 is 21.2 Å². The maximum absolute atomic E-state index is 12.9. The monoisotopic (exact) mass is 318 g/mol. The van der Waals surface area contributed by atoms with Gasteiger partial charge in [-0.3, -0.25) is 0 Å². The quantitative estimate of drug-likeness (QED) is 0.873. The molecule has 1 aromatic heterocycles. The van der Waals surface area contributed by atoms with Gasteiger partial charge in [-0.25, -0.2) is 8.42 Å². The molecule has 0 unspecified atom stereocenters. The van der Waals surface area contributed by atoms with Gasteiger partial charge < -0.3 is 9.47 Å². The molecule has 0 fully saturated rings. The van der Waals surface area contributed by atoms with Crippen LogP contribution in [0.4, 0.5) is 8.78 Å². The Kier molecular flexibility index (Phi) is 2.94. The van der Waals surface area contributed by atoms with E-state index in [0.717, 1.165) is 0 Å². The molecule has 0 spiro atoms. The van der Waals surface area contributed by atoms with E-state index in [1.165, 1.54) is 41.0 Å². The second-order valence-corrected chi connectivity index (χ2v) is 6.94. The number of ether oxygens (including phenoxy) is 2. The number of thiophene rings is 1. The van der Waals surface area contributed by atoms with E-state index in [-0.39, 0.29) is 22.1 Å². The number of halogens is 2. The number of sulfone groups is 1. The Morgan fingerprint density at radius 3 is 2.60 bits per heavy atom. The highest BCUT2D eigenvalue weighted by Gasteiger charge is 2.43. The van der Waals surface area contributed by atoms with Crippen LogP contribution in [0.5, 0.6) is 11.5 Å². The Labute approximate surface area is 117 Å². The lowest BCUT2D eigenvalue weighted by Gasteiger charge is -2.04. The van der Waals surface area contributed by atoms with Crippen LogP contribution >= 0.6 is 11.3 Å². The fraction of sp³-hybridized carbons (Fsp3) is 0.167. The molecule has 106 valence electrons. The molecule has 2 aromatic rings. The molecule has 8 heteroatoms. The Bertz CT molecular complexity index is 739. The Morgan fingerprint density at radius 2 is 1.90 bits per heavy atom. The highest BCUT2D eigenvalue weighted by molar-refractivity contribution is 7.90. The lowest BCUT2D eigenvalue weighted by Crippen LogP contribution is -2.25. The SMILES string of the molecule is O=S(=O)(Cc1ccc2c(c1)OC(F)(F)O2)c1ccsc1.